The van der Waals surface area contributed by atoms with Gasteiger partial charge in [-0.05, 0) is 31.5 Å². The third-order valence-corrected chi connectivity index (χ3v) is 3.56. The first kappa shape index (κ1) is 13.4. The van der Waals surface area contributed by atoms with Crippen LogP contribution in [-0.2, 0) is 6.54 Å². The number of nitriles is 1. The molecule has 0 unspecified atom stereocenters. The Kier molecular flexibility index (Phi) is 3.77. The maximum Gasteiger partial charge on any atom is 0.136 e. The molecule has 0 saturated carbocycles. The third kappa shape index (κ3) is 2.56. The molecular formula is C14H14ClN3O. The number of halogens is 1. The van der Waals surface area contributed by atoms with E-state index in [1.54, 1.807) is 13.2 Å². The summed E-state index contributed by atoms with van der Waals surface area (Å²) in [6.45, 7) is 4.38. The van der Waals surface area contributed by atoms with Crippen molar-refractivity contribution in [3.8, 4) is 11.8 Å². The molecule has 0 saturated heterocycles. The minimum atomic E-state index is 0.521. The summed E-state index contributed by atoms with van der Waals surface area (Å²) in [6, 6.07) is 7.65. The van der Waals surface area contributed by atoms with Crippen LogP contribution in [0, 0.1) is 25.2 Å². The van der Waals surface area contributed by atoms with Crippen molar-refractivity contribution in [1.82, 2.24) is 9.78 Å². The Bertz CT molecular complexity index is 655. The summed E-state index contributed by atoms with van der Waals surface area (Å²) in [5.74, 6) is 0.581. The standard InChI is InChI=1S/C14H14ClN3O/c1-9-14(15)10(2)18(17-9)8-11-4-5-13(19-3)12(6-11)7-16/h4-6H,8H2,1-3H3. The van der Waals surface area contributed by atoms with Gasteiger partial charge in [0.15, 0.2) is 0 Å². The summed E-state index contributed by atoms with van der Waals surface area (Å²) in [5, 5.41) is 14.1. The van der Waals surface area contributed by atoms with Crippen molar-refractivity contribution in [3.63, 3.8) is 0 Å². The van der Waals surface area contributed by atoms with Crippen molar-refractivity contribution in [1.29, 1.82) is 5.26 Å². The highest BCUT2D eigenvalue weighted by atomic mass is 35.5. The van der Waals surface area contributed by atoms with Gasteiger partial charge in [-0.25, -0.2) is 0 Å². The smallest absolute Gasteiger partial charge is 0.136 e. The van der Waals surface area contributed by atoms with Gasteiger partial charge < -0.3 is 4.74 Å². The molecule has 0 aliphatic carbocycles. The second-order valence-electron chi connectivity index (χ2n) is 4.29. The van der Waals surface area contributed by atoms with E-state index in [9.17, 15) is 0 Å². The Morgan fingerprint density at radius 2 is 2.16 bits per heavy atom. The molecule has 0 fully saturated rings. The van der Waals surface area contributed by atoms with Crippen molar-refractivity contribution in [3.05, 3.63) is 45.7 Å². The van der Waals surface area contributed by atoms with Gasteiger partial charge in [0.2, 0.25) is 0 Å². The molecule has 0 spiro atoms. The van der Waals surface area contributed by atoms with Gasteiger partial charge in [0, 0.05) is 0 Å². The average molecular weight is 276 g/mol. The van der Waals surface area contributed by atoms with Gasteiger partial charge in [0.25, 0.3) is 0 Å². The van der Waals surface area contributed by atoms with Crippen LogP contribution < -0.4 is 4.74 Å². The van der Waals surface area contributed by atoms with E-state index < -0.39 is 0 Å². The van der Waals surface area contributed by atoms with Crippen LogP contribution >= 0.6 is 11.6 Å². The van der Waals surface area contributed by atoms with Crippen LogP contribution in [0.5, 0.6) is 5.75 Å². The second-order valence-corrected chi connectivity index (χ2v) is 4.67. The van der Waals surface area contributed by atoms with Gasteiger partial charge in [-0.15, -0.1) is 0 Å². The van der Waals surface area contributed by atoms with Crippen molar-refractivity contribution >= 4 is 11.6 Å². The van der Waals surface area contributed by atoms with Crippen LogP contribution in [0.3, 0.4) is 0 Å². The number of benzene rings is 1. The highest BCUT2D eigenvalue weighted by molar-refractivity contribution is 6.31. The predicted molar refractivity (Wildman–Crippen MR) is 73.5 cm³/mol. The lowest BCUT2D eigenvalue weighted by molar-refractivity contribution is 0.413. The van der Waals surface area contributed by atoms with Crippen LogP contribution in [0.1, 0.15) is 22.5 Å². The van der Waals surface area contributed by atoms with Gasteiger partial charge in [-0.3, -0.25) is 4.68 Å². The zero-order valence-corrected chi connectivity index (χ0v) is 11.8. The first-order valence-electron chi connectivity index (χ1n) is 5.83. The van der Waals surface area contributed by atoms with E-state index >= 15 is 0 Å². The van der Waals surface area contributed by atoms with Crippen LogP contribution in [0.15, 0.2) is 18.2 Å². The normalized spacial score (nSPS) is 10.3. The van der Waals surface area contributed by atoms with Crippen molar-refractivity contribution in [2.45, 2.75) is 20.4 Å². The fraction of sp³-hybridized carbons (Fsp3) is 0.286. The van der Waals surface area contributed by atoms with Crippen molar-refractivity contribution in [2.24, 2.45) is 0 Å². The number of hydrogen-bond donors (Lipinski definition) is 0. The lowest BCUT2D eigenvalue weighted by Gasteiger charge is -2.07. The molecule has 0 aliphatic heterocycles. The summed E-state index contributed by atoms with van der Waals surface area (Å²) in [6.07, 6.45) is 0. The molecule has 0 radical (unpaired) electrons. The maximum atomic E-state index is 9.07. The molecule has 5 heteroatoms. The molecule has 0 N–H and O–H groups in total. The Morgan fingerprint density at radius 3 is 2.68 bits per heavy atom. The second kappa shape index (κ2) is 5.33. The van der Waals surface area contributed by atoms with Gasteiger partial charge in [-0.2, -0.15) is 10.4 Å². The van der Waals surface area contributed by atoms with Gasteiger partial charge in [-0.1, -0.05) is 17.7 Å². The molecule has 4 nitrogen and oxygen atoms in total. The molecule has 1 aromatic heterocycles. The Morgan fingerprint density at radius 1 is 1.42 bits per heavy atom. The predicted octanol–water partition coefficient (Wildman–Crippen LogP) is 3.08. The lowest BCUT2D eigenvalue weighted by atomic mass is 10.1. The summed E-state index contributed by atoms with van der Waals surface area (Å²) in [5.41, 5.74) is 3.24. The summed E-state index contributed by atoms with van der Waals surface area (Å²) in [7, 11) is 1.55. The van der Waals surface area contributed by atoms with E-state index in [4.69, 9.17) is 21.6 Å². The first-order chi connectivity index (χ1) is 9.06. The minimum Gasteiger partial charge on any atom is -0.495 e. The third-order valence-electron chi connectivity index (χ3n) is 3.01. The quantitative estimate of drug-likeness (QED) is 0.865. The Labute approximate surface area is 117 Å². The average Bonchev–Trinajstić information content (AvgIpc) is 2.66. The zero-order chi connectivity index (χ0) is 14.0. The van der Waals surface area contributed by atoms with E-state index in [-0.39, 0.29) is 0 Å². The summed E-state index contributed by atoms with van der Waals surface area (Å²) >= 11 is 6.12. The summed E-state index contributed by atoms with van der Waals surface area (Å²) in [4.78, 5) is 0. The fourth-order valence-electron chi connectivity index (χ4n) is 1.94. The SMILES string of the molecule is COc1ccc(Cn2nc(C)c(Cl)c2C)cc1C#N. The molecule has 2 aromatic rings. The molecule has 0 bridgehead atoms. The summed E-state index contributed by atoms with van der Waals surface area (Å²) < 4.78 is 6.96. The van der Waals surface area contributed by atoms with E-state index in [0.29, 0.717) is 22.9 Å². The number of methoxy groups -OCH3 is 1. The number of ether oxygens (including phenoxy) is 1. The Hall–Kier alpha value is -1.99. The van der Waals surface area contributed by atoms with Crippen molar-refractivity contribution < 1.29 is 4.74 Å². The molecule has 98 valence electrons. The lowest BCUT2D eigenvalue weighted by Crippen LogP contribution is -2.04. The molecular weight excluding hydrogens is 262 g/mol. The highest BCUT2D eigenvalue weighted by Gasteiger charge is 2.10. The van der Waals surface area contributed by atoms with Gasteiger partial charge >= 0.3 is 0 Å². The molecule has 1 heterocycles. The zero-order valence-electron chi connectivity index (χ0n) is 11.1. The van der Waals surface area contributed by atoms with Crippen LogP contribution in [0.4, 0.5) is 0 Å². The number of rotatable bonds is 3. The van der Waals surface area contributed by atoms with E-state index in [2.05, 4.69) is 11.2 Å². The maximum absolute atomic E-state index is 9.07. The number of hydrogen-bond acceptors (Lipinski definition) is 3. The number of aryl methyl sites for hydroxylation is 1. The van der Waals surface area contributed by atoms with E-state index in [1.165, 1.54) is 0 Å². The first-order valence-corrected chi connectivity index (χ1v) is 6.21. The molecule has 0 amide bonds. The molecule has 19 heavy (non-hydrogen) atoms. The van der Waals surface area contributed by atoms with Crippen LogP contribution in [0.2, 0.25) is 5.02 Å². The number of aromatic nitrogens is 2. The molecule has 0 aliphatic rings. The molecule has 1 aromatic carbocycles. The monoisotopic (exact) mass is 275 g/mol. The van der Waals surface area contributed by atoms with Crippen LogP contribution in [0.25, 0.3) is 0 Å². The van der Waals surface area contributed by atoms with Gasteiger partial charge in [0.1, 0.15) is 11.8 Å². The largest absolute Gasteiger partial charge is 0.495 e. The highest BCUT2D eigenvalue weighted by Crippen LogP contribution is 2.22. The topological polar surface area (TPSA) is 50.8 Å². The van der Waals surface area contributed by atoms with E-state index in [1.807, 2.05) is 30.7 Å². The number of nitrogens with zero attached hydrogens (tertiary/aromatic N) is 3. The van der Waals surface area contributed by atoms with Gasteiger partial charge in [0.05, 0.1) is 35.6 Å². The Balaban J connectivity index is 2.34. The minimum absolute atomic E-state index is 0.521. The molecule has 2 rings (SSSR count). The van der Waals surface area contributed by atoms with E-state index in [0.717, 1.165) is 17.0 Å². The van der Waals surface area contributed by atoms with Crippen LogP contribution in [-0.4, -0.2) is 16.9 Å². The molecule has 0 atom stereocenters. The van der Waals surface area contributed by atoms with Crippen molar-refractivity contribution in [2.75, 3.05) is 7.11 Å². The fourth-order valence-corrected chi connectivity index (χ4v) is 2.08.